The van der Waals surface area contributed by atoms with E-state index in [1.165, 1.54) is 6.42 Å². The molecule has 2 fully saturated rings. The Bertz CT molecular complexity index is 354. The van der Waals surface area contributed by atoms with Crippen molar-refractivity contribution in [2.75, 3.05) is 5.88 Å². The molecule has 0 radical (unpaired) electrons. The number of carbonyl (C=O) groups excluding carboxylic acids is 1. The molecule has 0 bridgehead atoms. The average molecular weight is 308 g/mol. The van der Waals surface area contributed by atoms with E-state index in [1.54, 1.807) is 0 Å². The van der Waals surface area contributed by atoms with E-state index in [9.17, 15) is 13.6 Å². The molecule has 2 nitrogen and oxygen atoms in total. The maximum absolute atomic E-state index is 13.1. The van der Waals surface area contributed by atoms with Gasteiger partial charge in [0.25, 0.3) is 0 Å². The summed E-state index contributed by atoms with van der Waals surface area (Å²) in [5, 5.41) is 3.09. The number of nitrogens with one attached hydrogen (secondary N) is 1. The lowest BCUT2D eigenvalue weighted by atomic mass is 9.76. The minimum atomic E-state index is -2.58. The van der Waals surface area contributed by atoms with Crippen molar-refractivity contribution in [3.8, 4) is 0 Å². The van der Waals surface area contributed by atoms with E-state index in [2.05, 4.69) is 12.2 Å². The van der Waals surface area contributed by atoms with Crippen LogP contribution in [0.25, 0.3) is 0 Å². The van der Waals surface area contributed by atoms with Gasteiger partial charge in [0.1, 0.15) is 0 Å². The second-order valence-corrected chi connectivity index (χ2v) is 7.00. The third-order valence-corrected chi connectivity index (χ3v) is 5.34. The minimum Gasteiger partial charge on any atom is -0.349 e. The van der Waals surface area contributed by atoms with Gasteiger partial charge < -0.3 is 5.32 Å². The van der Waals surface area contributed by atoms with Crippen LogP contribution in [0.2, 0.25) is 0 Å². The summed E-state index contributed by atoms with van der Waals surface area (Å²) in [5.41, 5.74) is -0.323. The van der Waals surface area contributed by atoms with Crippen molar-refractivity contribution in [1.29, 1.82) is 0 Å². The highest BCUT2D eigenvalue weighted by molar-refractivity contribution is 6.18. The summed E-state index contributed by atoms with van der Waals surface area (Å²) in [6, 6.07) is 0. The minimum absolute atomic E-state index is 0.0738. The van der Waals surface area contributed by atoms with Crippen LogP contribution >= 0.6 is 11.6 Å². The third-order valence-electron chi connectivity index (χ3n) is 4.82. The SMILES string of the molecule is CC1CCCC(CCl)(NC(=O)C2CCC(F)(F)CC2)C1. The Labute approximate surface area is 124 Å². The second-order valence-electron chi connectivity index (χ2n) is 6.73. The smallest absolute Gasteiger partial charge is 0.248 e. The van der Waals surface area contributed by atoms with Crippen molar-refractivity contribution < 1.29 is 13.6 Å². The first-order chi connectivity index (χ1) is 9.36. The number of alkyl halides is 3. The highest BCUT2D eigenvalue weighted by Crippen LogP contribution is 2.38. The number of halogens is 3. The van der Waals surface area contributed by atoms with Crippen LogP contribution in [0.5, 0.6) is 0 Å². The molecule has 5 heteroatoms. The fourth-order valence-electron chi connectivity index (χ4n) is 3.59. The van der Waals surface area contributed by atoms with Crippen LogP contribution in [0.1, 0.15) is 58.3 Å². The van der Waals surface area contributed by atoms with Gasteiger partial charge in [0.05, 0.1) is 5.54 Å². The molecule has 116 valence electrons. The van der Waals surface area contributed by atoms with Crippen molar-refractivity contribution in [2.24, 2.45) is 11.8 Å². The van der Waals surface area contributed by atoms with Crippen LogP contribution in [0.15, 0.2) is 0 Å². The fraction of sp³-hybridized carbons (Fsp3) is 0.933. The zero-order valence-corrected chi connectivity index (χ0v) is 12.8. The summed E-state index contributed by atoms with van der Waals surface area (Å²) < 4.78 is 26.3. The molecule has 0 spiro atoms. The van der Waals surface area contributed by atoms with E-state index < -0.39 is 5.92 Å². The van der Waals surface area contributed by atoms with Crippen LogP contribution in [0, 0.1) is 11.8 Å². The summed E-state index contributed by atoms with van der Waals surface area (Å²) in [6.45, 7) is 2.17. The van der Waals surface area contributed by atoms with Crippen LogP contribution in [-0.4, -0.2) is 23.2 Å². The van der Waals surface area contributed by atoms with E-state index in [0.717, 1.165) is 19.3 Å². The topological polar surface area (TPSA) is 29.1 Å². The molecule has 2 unspecified atom stereocenters. The number of hydrogen-bond donors (Lipinski definition) is 1. The average Bonchev–Trinajstić information content (AvgIpc) is 2.38. The van der Waals surface area contributed by atoms with Gasteiger partial charge in [0, 0.05) is 24.6 Å². The molecule has 0 aromatic heterocycles. The van der Waals surface area contributed by atoms with Crippen molar-refractivity contribution in [2.45, 2.75) is 69.8 Å². The van der Waals surface area contributed by atoms with E-state index in [1.807, 2.05) is 0 Å². The van der Waals surface area contributed by atoms with Gasteiger partial charge in [0.15, 0.2) is 0 Å². The Morgan fingerprint density at radius 3 is 2.45 bits per heavy atom. The highest BCUT2D eigenvalue weighted by Gasteiger charge is 2.41. The second kappa shape index (κ2) is 6.17. The Balaban J connectivity index is 1.93. The number of carbonyl (C=O) groups is 1. The monoisotopic (exact) mass is 307 g/mol. The first kappa shape index (κ1) is 16.0. The third kappa shape index (κ3) is 3.84. The molecular weight excluding hydrogens is 284 g/mol. The molecule has 20 heavy (non-hydrogen) atoms. The van der Waals surface area contributed by atoms with Crippen molar-refractivity contribution in [1.82, 2.24) is 5.32 Å². The molecule has 2 atom stereocenters. The predicted octanol–water partition coefficient (Wildman–Crippen LogP) is 4.12. The van der Waals surface area contributed by atoms with Gasteiger partial charge in [-0.25, -0.2) is 8.78 Å². The van der Waals surface area contributed by atoms with Crippen LogP contribution in [0.4, 0.5) is 8.78 Å². The standard InChI is InChI=1S/C15H24ClF2NO/c1-11-3-2-6-14(9-11,10-16)19-13(20)12-4-7-15(17,18)8-5-12/h11-12H,2-10H2,1H3,(H,19,20). The van der Waals surface area contributed by atoms with E-state index >= 15 is 0 Å². The zero-order chi connectivity index (χ0) is 14.8. The van der Waals surface area contributed by atoms with Gasteiger partial charge in [0.2, 0.25) is 11.8 Å². The van der Waals surface area contributed by atoms with E-state index in [0.29, 0.717) is 11.8 Å². The van der Waals surface area contributed by atoms with Gasteiger partial charge in [-0.2, -0.15) is 0 Å². The van der Waals surface area contributed by atoms with Crippen molar-refractivity contribution >= 4 is 17.5 Å². The Morgan fingerprint density at radius 1 is 1.25 bits per heavy atom. The molecule has 1 amide bonds. The normalized spacial score (nSPS) is 34.7. The van der Waals surface area contributed by atoms with Crippen LogP contribution in [0.3, 0.4) is 0 Å². The van der Waals surface area contributed by atoms with Crippen molar-refractivity contribution in [3.63, 3.8) is 0 Å². The summed E-state index contributed by atoms with van der Waals surface area (Å²) >= 11 is 6.10. The Morgan fingerprint density at radius 2 is 1.90 bits per heavy atom. The van der Waals surface area contributed by atoms with Crippen molar-refractivity contribution in [3.05, 3.63) is 0 Å². The first-order valence-corrected chi connectivity index (χ1v) is 8.15. The maximum Gasteiger partial charge on any atom is 0.248 e. The van der Waals surface area contributed by atoms with Gasteiger partial charge in [-0.05, 0) is 31.6 Å². The molecule has 1 N–H and O–H groups in total. The summed E-state index contributed by atoms with van der Waals surface area (Å²) in [4.78, 5) is 12.3. The van der Waals surface area contributed by atoms with Gasteiger partial charge >= 0.3 is 0 Å². The van der Waals surface area contributed by atoms with E-state index in [4.69, 9.17) is 11.6 Å². The van der Waals surface area contributed by atoms with Gasteiger partial charge in [-0.15, -0.1) is 11.6 Å². The molecular formula is C15H24ClF2NO. The lowest BCUT2D eigenvalue weighted by molar-refractivity contribution is -0.131. The molecule has 2 aliphatic carbocycles. The maximum atomic E-state index is 13.1. The predicted molar refractivity (Wildman–Crippen MR) is 76.1 cm³/mol. The Hall–Kier alpha value is -0.380. The molecule has 0 saturated heterocycles. The summed E-state index contributed by atoms with van der Waals surface area (Å²) in [7, 11) is 0. The Kier molecular flexibility index (Phi) is 4.93. The number of rotatable bonds is 3. The highest BCUT2D eigenvalue weighted by atomic mass is 35.5. The molecule has 0 aromatic rings. The summed E-state index contributed by atoms with van der Waals surface area (Å²) in [5.74, 6) is -1.97. The molecule has 2 rings (SSSR count). The fourth-order valence-corrected chi connectivity index (χ4v) is 3.90. The van der Waals surface area contributed by atoms with Crippen LogP contribution in [-0.2, 0) is 4.79 Å². The molecule has 0 aromatic carbocycles. The summed E-state index contributed by atoms with van der Waals surface area (Å²) in [6.07, 6.45) is 4.26. The largest absolute Gasteiger partial charge is 0.349 e. The van der Waals surface area contributed by atoms with Crippen LogP contribution < -0.4 is 5.32 Å². The quantitative estimate of drug-likeness (QED) is 0.781. The molecule has 0 aliphatic heterocycles. The number of amides is 1. The lowest BCUT2D eigenvalue weighted by Gasteiger charge is -2.40. The van der Waals surface area contributed by atoms with Gasteiger partial charge in [-0.1, -0.05) is 19.8 Å². The lowest BCUT2D eigenvalue weighted by Crippen LogP contribution is -2.54. The van der Waals surface area contributed by atoms with E-state index in [-0.39, 0.29) is 43.0 Å². The first-order valence-electron chi connectivity index (χ1n) is 7.62. The molecule has 2 saturated carbocycles. The number of hydrogen-bond acceptors (Lipinski definition) is 1. The molecule has 2 aliphatic rings. The molecule has 0 heterocycles. The zero-order valence-electron chi connectivity index (χ0n) is 12.1. The van der Waals surface area contributed by atoms with Gasteiger partial charge in [-0.3, -0.25) is 4.79 Å².